The molecule has 0 radical (unpaired) electrons. The van der Waals surface area contributed by atoms with Crippen LogP contribution in [0.2, 0.25) is 0 Å². The number of nitrogens with two attached hydrogens (primary N) is 1. The number of carbonyl (C=O) groups is 1. The monoisotopic (exact) mass is 278 g/mol. The van der Waals surface area contributed by atoms with Gasteiger partial charge in [-0.15, -0.1) is 11.3 Å². The lowest BCUT2D eigenvalue weighted by molar-refractivity contribution is 0.0947. The third kappa shape index (κ3) is 3.05. The van der Waals surface area contributed by atoms with Crippen molar-refractivity contribution in [2.24, 2.45) is 0 Å². The minimum absolute atomic E-state index is 0.165. The summed E-state index contributed by atoms with van der Waals surface area (Å²) in [7, 11) is 0. The van der Waals surface area contributed by atoms with Gasteiger partial charge in [-0.05, 0) is 18.9 Å². The summed E-state index contributed by atoms with van der Waals surface area (Å²) in [6.07, 6.45) is 0.897. The molecule has 4 nitrogen and oxygen atoms in total. The molecular weight excluding hydrogens is 260 g/mol. The predicted octanol–water partition coefficient (Wildman–Crippen LogP) is 2.37. The third-order valence-electron chi connectivity index (χ3n) is 3.07. The maximum absolute atomic E-state index is 12.0. The van der Waals surface area contributed by atoms with E-state index in [1.165, 1.54) is 11.3 Å². The van der Waals surface area contributed by atoms with E-state index >= 15 is 0 Å². The molecule has 1 amide bonds. The number of thiophene rings is 1. The predicted molar refractivity (Wildman–Crippen MR) is 79.5 cm³/mol. The minimum Gasteiger partial charge on any atom is -0.397 e. The molecule has 1 atom stereocenters. The number of nitrogen functional groups attached to an aromatic ring is 1. The summed E-state index contributed by atoms with van der Waals surface area (Å²) in [5.41, 5.74) is 6.53. The summed E-state index contributed by atoms with van der Waals surface area (Å²) in [5.74, 6) is -0.165. The Hall–Kier alpha value is -1.59. The van der Waals surface area contributed by atoms with Gasteiger partial charge in [0.05, 0.1) is 11.8 Å². The van der Waals surface area contributed by atoms with Gasteiger partial charge in [0, 0.05) is 16.6 Å². The molecule has 0 spiro atoms. The van der Waals surface area contributed by atoms with Crippen LogP contribution in [0.3, 0.4) is 0 Å². The van der Waals surface area contributed by atoms with Crippen LogP contribution in [0.1, 0.15) is 29.4 Å². The van der Waals surface area contributed by atoms with Gasteiger partial charge in [0.2, 0.25) is 0 Å². The molecule has 4 N–H and O–H groups in total. The number of rotatable bonds is 5. The van der Waals surface area contributed by atoms with Gasteiger partial charge in [0.15, 0.2) is 0 Å². The van der Waals surface area contributed by atoms with E-state index in [1.807, 2.05) is 31.2 Å². The summed E-state index contributed by atoms with van der Waals surface area (Å²) in [6, 6.07) is 7.70. The van der Waals surface area contributed by atoms with Gasteiger partial charge in [-0.1, -0.05) is 25.1 Å². The number of aliphatic hydroxyl groups is 1. The van der Waals surface area contributed by atoms with Crippen molar-refractivity contribution in [2.75, 3.05) is 12.3 Å². The van der Waals surface area contributed by atoms with Gasteiger partial charge in [-0.25, -0.2) is 0 Å². The molecule has 0 saturated carbocycles. The Morgan fingerprint density at radius 2 is 2.21 bits per heavy atom. The number of fused-ring (bicyclic) bond motifs is 1. The first-order valence-electron chi connectivity index (χ1n) is 6.36. The zero-order valence-electron chi connectivity index (χ0n) is 10.8. The quantitative estimate of drug-likeness (QED) is 0.786. The van der Waals surface area contributed by atoms with Crippen molar-refractivity contribution < 1.29 is 9.90 Å². The van der Waals surface area contributed by atoms with Crippen LogP contribution >= 0.6 is 11.3 Å². The van der Waals surface area contributed by atoms with Crippen LogP contribution in [0, 0.1) is 0 Å². The van der Waals surface area contributed by atoms with E-state index in [0.717, 1.165) is 10.1 Å². The zero-order chi connectivity index (χ0) is 13.8. The number of aliphatic hydroxyl groups excluding tert-OH is 1. The van der Waals surface area contributed by atoms with Crippen LogP contribution in [-0.2, 0) is 0 Å². The molecule has 1 aromatic carbocycles. The fourth-order valence-electron chi connectivity index (χ4n) is 1.87. The summed E-state index contributed by atoms with van der Waals surface area (Å²) in [5, 5.41) is 13.2. The number of hydrogen-bond donors (Lipinski definition) is 3. The molecule has 19 heavy (non-hydrogen) atoms. The molecule has 1 aromatic heterocycles. The molecule has 2 aromatic rings. The Morgan fingerprint density at radius 3 is 2.89 bits per heavy atom. The van der Waals surface area contributed by atoms with Crippen molar-refractivity contribution in [1.82, 2.24) is 5.32 Å². The van der Waals surface area contributed by atoms with Crippen LogP contribution in [0.5, 0.6) is 0 Å². The average molecular weight is 278 g/mol. The van der Waals surface area contributed by atoms with Crippen molar-refractivity contribution in [3.8, 4) is 0 Å². The van der Waals surface area contributed by atoms with Crippen molar-refractivity contribution in [3.63, 3.8) is 0 Å². The fourth-order valence-corrected chi connectivity index (χ4v) is 2.91. The minimum atomic E-state index is -0.361. The van der Waals surface area contributed by atoms with Gasteiger partial charge in [-0.2, -0.15) is 0 Å². The molecule has 0 aliphatic heterocycles. The lowest BCUT2D eigenvalue weighted by Gasteiger charge is -2.08. The standard InChI is InChI=1S/C14H18N2O2S/c1-2-9(17)7-8-16-14(18)13-12(15)10-5-3-4-6-11(10)19-13/h3-6,9,17H,2,7-8,15H2,1H3,(H,16,18). The second-order valence-electron chi connectivity index (χ2n) is 4.45. The number of carbonyl (C=O) groups excluding carboxylic acids is 1. The van der Waals surface area contributed by atoms with E-state index in [2.05, 4.69) is 5.32 Å². The first-order chi connectivity index (χ1) is 9.13. The third-order valence-corrected chi connectivity index (χ3v) is 4.26. The molecule has 102 valence electrons. The molecule has 0 saturated heterocycles. The topological polar surface area (TPSA) is 75.3 Å². The molecular formula is C14H18N2O2S. The lowest BCUT2D eigenvalue weighted by Crippen LogP contribution is -2.26. The molecule has 0 bridgehead atoms. The molecule has 0 aliphatic rings. The normalized spacial score (nSPS) is 12.5. The van der Waals surface area contributed by atoms with Crippen LogP contribution in [-0.4, -0.2) is 23.7 Å². The second-order valence-corrected chi connectivity index (χ2v) is 5.50. The van der Waals surface area contributed by atoms with E-state index < -0.39 is 0 Å². The van der Waals surface area contributed by atoms with Gasteiger partial charge >= 0.3 is 0 Å². The molecule has 1 heterocycles. The lowest BCUT2D eigenvalue weighted by atomic mass is 10.2. The smallest absolute Gasteiger partial charge is 0.263 e. The number of hydrogen-bond acceptors (Lipinski definition) is 4. The highest BCUT2D eigenvalue weighted by molar-refractivity contribution is 7.21. The van der Waals surface area contributed by atoms with E-state index in [1.54, 1.807) is 0 Å². The largest absolute Gasteiger partial charge is 0.397 e. The van der Waals surface area contributed by atoms with Crippen molar-refractivity contribution in [1.29, 1.82) is 0 Å². The highest BCUT2D eigenvalue weighted by atomic mass is 32.1. The zero-order valence-corrected chi connectivity index (χ0v) is 11.7. The fraction of sp³-hybridized carbons (Fsp3) is 0.357. The molecule has 5 heteroatoms. The molecule has 2 rings (SSSR count). The number of anilines is 1. The number of nitrogens with one attached hydrogen (secondary N) is 1. The SMILES string of the molecule is CCC(O)CCNC(=O)c1sc2ccccc2c1N. The van der Waals surface area contributed by atoms with Gasteiger partial charge in [0.25, 0.3) is 5.91 Å². The van der Waals surface area contributed by atoms with Crippen molar-refractivity contribution in [3.05, 3.63) is 29.1 Å². The maximum atomic E-state index is 12.0. The van der Waals surface area contributed by atoms with Crippen LogP contribution in [0.15, 0.2) is 24.3 Å². The van der Waals surface area contributed by atoms with Gasteiger partial charge in [-0.3, -0.25) is 4.79 Å². The van der Waals surface area contributed by atoms with Gasteiger partial charge < -0.3 is 16.2 Å². The second kappa shape index (κ2) is 6.04. The van der Waals surface area contributed by atoms with E-state index in [9.17, 15) is 9.90 Å². The highest BCUT2D eigenvalue weighted by Crippen LogP contribution is 2.33. The summed E-state index contributed by atoms with van der Waals surface area (Å²) in [6.45, 7) is 2.37. The summed E-state index contributed by atoms with van der Waals surface area (Å²) in [4.78, 5) is 12.6. The Labute approximate surface area is 116 Å². The first-order valence-corrected chi connectivity index (χ1v) is 7.18. The summed E-state index contributed by atoms with van der Waals surface area (Å²) >= 11 is 1.40. The average Bonchev–Trinajstić information content (AvgIpc) is 2.76. The van der Waals surface area contributed by atoms with Crippen LogP contribution in [0.25, 0.3) is 10.1 Å². The first kappa shape index (κ1) is 13.8. The molecule has 1 unspecified atom stereocenters. The Bertz CT molecular complexity index is 580. The Morgan fingerprint density at radius 1 is 1.47 bits per heavy atom. The summed E-state index contributed by atoms with van der Waals surface area (Å²) < 4.78 is 1.01. The highest BCUT2D eigenvalue weighted by Gasteiger charge is 2.15. The number of benzene rings is 1. The molecule has 0 aliphatic carbocycles. The van der Waals surface area contributed by atoms with Crippen molar-refractivity contribution in [2.45, 2.75) is 25.9 Å². The van der Waals surface area contributed by atoms with E-state index in [0.29, 0.717) is 30.0 Å². The van der Waals surface area contributed by atoms with Crippen molar-refractivity contribution >= 4 is 33.0 Å². The number of amides is 1. The molecule has 0 fully saturated rings. The van der Waals surface area contributed by atoms with Crippen LogP contribution in [0.4, 0.5) is 5.69 Å². The van der Waals surface area contributed by atoms with E-state index in [4.69, 9.17) is 5.73 Å². The van der Waals surface area contributed by atoms with Crippen LogP contribution < -0.4 is 11.1 Å². The van der Waals surface area contributed by atoms with Gasteiger partial charge in [0.1, 0.15) is 4.88 Å². The Balaban J connectivity index is 2.07. The Kier molecular flexibility index (Phi) is 4.39. The van der Waals surface area contributed by atoms with E-state index in [-0.39, 0.29) is 12.0 Å². The maximum Gasteiger partial charge on any atom is 0.263 e.